The molecule has 16 heavy (non-hydrogen) atoms. The quantitative estimate of drug-likeness (QED) is 0.672. The van der Waals surface area contributed by atoms with Crippen LogP contribution in [0.25, 0.3) is 0 Å². The van der Waals surface area contributed by atoms with E-state index in [0.29, 0.717) is 6.10 Å². The lowest BCUT2D eigenvalue weighted by Gasteiger charge is -2.26. The molecule has 0 bridgehead atoms. The molecule has 0 saturated heterocycles. The molecule has 0 spiro atoms. The summed E-state index contributed by atoms with van der Waals surface area (Å²) in [5.74, 6) is 0.933. The highest BCUT2D eigenvalue weighted by atomic mass is 16.5. The lowest BCUT2D eigenvalue weighted by molar-refractivity contribution is 0.0181. The molecule has 2 aliphatic carbocycles. The first-order valence-corrected chi connectivity index (χ1v) is 7.19. The molecule has 2 saturated carbocycles. The fourth-order valence-electron chi connectivity index (χ4n) is 2.47. The van der Waals surface area contributed by atoms with E-state index in [0.717, 1.165) is 18.6 Å². The molecule has 0 aromatic heterocycles. The zero-order valence-electron chi connectivity index (χ0n) is 10.7. The first kappa shape index (κ1) is 12.4. The largest absolute Gasteiger partial charge is 0.378 e. The Labute approximate surface area is 100 Å². The van der Waals surface area contributed by atoms with E-state index in [2.05, 4.69) is 12.2 Å². The van der Waals surface area contributed by atoms with E-state index in [9.17, 15) is 0 Å². The molecule has 2 nitrogen and oxygen atoms in total. The molecular weight excluding hydrogens is 198 g/mol. The Morgan fingerprint density at radius 3 is 2.44 bits per heavy atom. The highest BCUT2D eigenvalue weighted by Gasteiger charge is 2.20. The van der Waals surface area contributed by atoms with Crippen molar-refractivity contribution in [3.63, 3.8) is 0 Å². The maximum Gasteiger partial charge on any atom is 0.0575 e. The van der Waals surface area contributed by atoms with Crippen LogP contribution in [0.1, 0.15) is 58.3 Å². The second-order valence-electron chi connectivity index (χ2n) is 5.69. The van der Waals surface area contributed by atoms with Gasteiger partial charge in [0, 0.05) is 12.6 Å². The van der Waals surface area contributed by atoms with Crippen molar-refractivity contribution >= 4 is 0 Å². The lowest BCUT2D eigenvalue weighted by atomic mass is 9.89. The number of unbranched alkanes of at least 4 members (excludes halogenated alkanes) is 1. The summed E-state index contributed by atoms with van der Waals surface area (Å²) in [5.41, 5.74) is 0. The second kappa shape index (κ2) is 6.61. The Bertz CT molecular complexity index is 183. The van der Waals surface area contributed by atoms with Crippen LogP contribution in [0.2, 0.25) is 0 Å². The zero-order valence-corrected chi connectivity index (χ0v) is 10.7. The smallest absolute Gasteiger partial charge is 0.0575 e. The predicted octanol–water partition coefficient (Wildman–Crippen LogP) is 3.11. The van der Waals surface area contributed by atoms with E-state index in [1.165, 1.54) is 57.9 Å². The van der Waals surface area contributed by atoms with Crippen molar-refractivity contribution < 1.29 is 4.74 Å². The van der Waals surface area contributed by atoms with Gasteiger partial charge in [-0.2, -0.15) is 0 Å². The Morgan fingerprint density at radius 2 is 1.75 bits per heavy atom. The third-order valence-electron chi connectivity index (χ3n) is 3.90. The monoisotopic (exact) mass is 225 g/mol. The maximum absolute atomic E-state index is 5.93. The van der Waals surface area contributed by atoms with Gasteiger partial charge in [0.15, 0.2) is 0 Å². The molecule has 2 rings (SSSR count). The average molecular weight is 225 g/mol. The molecule has 2 aliphatic rings. The third kappa shape index (κ3) is 4.84. The van der Waals surface area contributed by atoms with Gasteiger partial charge in [-0.25, -0.2) is 0 Å². The van der Waals surface area contributed by atoms with Crippen molar-refractivity contribution in [3.05, 3.63) is 0 Å². The molecule has 0 amide bonds. The van der Waals surface area contributed by atoms with Crippen molar-refractivity contribution in [2.75, 3.05) is 13.2 Å². The summed E-state index contributed by atoms with van der Waals surface area (Å²) in [7, 11) is 0. The first-order chi connectivity index (χ1) is 7.84. The molecule has 0 aromatic rings. The minimum atomic E-state index is 0.576. The minimum absolute atomic E-state index is 0.576. The van der Waals surface area contributed by atoms with Crippen LogP contribution in [0.5, 0.6) is 0 Å². The zero-order chi connectivity index (χ0) is 11.2. The van der Waals surface area contributed by atoms with E-state index in [1.807, 2.05) is 0 Å². The van der Waals surface area contributed by atoms with E-state index in [4.69, 9.17) is 4.74 Å². The van der Waals surface area contributed by atoms with Gasteiger partial charge in [0.25, 0.3) is 0 Å². The summed E-state index contributed by atoms with van der Waals surface area (Å²) in [6.45, 7) is 4.53. The molecule has 1 N–H and O–H groups in total. The Kier molecular flexibility index (Phi) is 5.11. The average Bonchev–Trinajstić information content (AvgIpc) is 3.10. The van der Waals surface area contributed by atoms with Gasteiger partial charge in [-0.05, 0) is 63.8 Å². The van der Waals surface area contributed by atoms with E-state index >= 15 is 0 Å². The minimum Gasteiger partial charge on any atom is -0.378 e. The van der Waals surface area contributed by atoms with Crippen LogP contribution >= 0.6 is 0 Å². The van der Waals surface area contributed by atoms with E-state index < -0.39 is 0 Å². The van der Waals surface area contributed by atoms with E-state index in [1.54, 1.807) is 0 Å². The Balaban J connectivity index is 1.39. The fraction of sp³-hybridized carbons (Fsp3) is 1.00. The number of rotatable bonds is 7. The van der Waals surface area contributed by atoms with Gasteiger partial charge >= 0.3 is 0 Å². The highest BCUT2D eigenvalue weighted by molar-refractivity contribution is 4.80. The van der Waals surface area contributed by atoms with Crippen LogP contribution in [0.15, 0.2) is 0 Å². The molecule has 0 heterocycles. The molecule has 0 radical (unpaired) electrons. The SMILES string of the molecule is CC1CCC(OCCCCNC2CC2)CC1. The summed E-state index contributed by atoms with van der Waals surface area (Å²) < 4.78 is 5.93. The van der Waals surface area contributed by atoms with E-state index in [-0.39, 0.29) is 0 Å². The number of hydrogen-bond acceptors (Lipinski definition) is 2. The standard InChI is InChI=1S/C14H27NO/c1-12-4-8-14(9-5-12)16-11-3-2-10-15-13-6-7-13/h12-15H,2-11H2,1H3. The normalized spacial score (nSPS) is 30.6. The van der Waals surface area contributed by atoms with Crippen molar-refractivity contribution in [1.82, 2.24) is 5.32 Å². The third-order valence-corrected chi connectivity index (χ3v) is 3.90. The van der Waals surface area contributed by atoms with Gasteiger partial charge in [0.2, 0.25) is 0 Å². The molecule has 0 aromatic carbocycles. The van der Waals surface area contributed by atoms with Crippen LogP contribution in [-0.4, -0.2) is 25.3 Å². The first-order valence-electron chi connectivity index (χ1n) is 7.19. The number of ether oxygens (including phenoxy) is 1. The summed E-state index contributed by atoms with van der Waals surface area (Å²) in [4.78, 5) is 0. The molecule has 0 atom stereocenters. The molecule has 2 fully saturated rings. The van der Waals surface area contributed by atoms with Gasteiger partial charge in [0.05, 0.1) is 6.10 Å². The molecule has 94 valence electrons. The van der Waals surface area contributed by atoms with Crippen molar-refractivity contribution in [2.45, 2.75) is 70.4 Å². The maximum atomic E-state index is 5.93. The molecule has 2 heteroatoms. The van der Waals surface area contributed by atoms with Gasteiger partial charge in [-0.3, -0.25) is 0 Å². The van der Waals surface area contributed by atoms with Crippen molar-refractivity contribution in [3.8, 4) is 0 Å². The van der Waals surface area contributed by atoms with Crippen molar-refractivity contribution in [2.24, 2.45) is 5.92 Å². The van der Waals surface area contributed by atoms with Crippen LogP contribution in [0, 0.1) is 5.92 Å². The summed E-state index contributed by atoms with van der Waals surface area (Å²) in [6, 6.07) is 0.862. The number of nitrogens with one attached hydrogen (secondary N) is 1. The molecule has 0 aliphatic heterocycles. The predicted molar refractivity (Wildman–Crippen MR) is 67.6 cm³/mol. The van der Waals surface area contributed by atoms with Gasteiger partial charge in [0.1, 0.15) is 0 Å². The number of hydrogen-bond donors (Lipinski definition) is 1. The van der Waals surface area contributed by atoms with Gasteiger partial charge in [-0.1, -0.05) is 6.92 Å². The topological polar surface area (TPSA) is 21.3 Å². The van der Waals surface area contributed by atoms with Crippen LogP contribution in [-0.2, 0) is 4.74 Å². The highest BCUT2D eigenvalue weighted by Crippen LogP contribution is 2.25. The van der Waals surface area contributed by atoms with Crippen LogP contribution in [0.3, 0.4) is 0 Å². The molecule has 0 unspecified atom stereocenters. The van der Waals surface area contributed by atoms with Crippen LogP contribution < -0.4 is 5.32 Å². The van der Waals surface area contributed by atoms with Crippen molar-refractivity contribution in [1.29, 1.82) is 0 Å². The molecular formula is C14H27NO. The lowest BCUT2D eigenvalue weighted by Crippen LogP contribution is -2.21. The summed E-state index contributed by atoms with van der Waals surface area (Å²) >= 11 is 0. The fourth-order valence-corrected chi connectivity index (χ4v) is 2.47. The Hall–Kier alpha value is -0.0800. The Morgan fingerprint density at radius 1 is 1.00 bits per heavy atom. The van der Waals surface area contributed by atoms with Gasteiger partial charge in [-0.15, -0.1) is 0 Å². The van der Waals surface area contributed by atoms with Crippen LogP contribution in [0.4, 0.5) is 0 Å². The second-order valence-corrected chi connectivity index (χ2v) is 5.69. The summed E-state index contributed by atoms with van der Waals surface area (Å²) in [5, 5.41) is 3.55. The van der Waals surface area contributed by atoms with Gasteiger partial charge < -0.3 is 10.1 Å². The summed E-state index contributed by atoms with van der Waals surface area (Å²) in [6.07, 6.45) is 11.2.